The molecule has 3 aromatic rings. The van der Waals surface area contributed by atoms with Gasteiger partial charge in [0.1, 0.15) is 6.61 Å². The number of hydrazone groups is 1. The van der Waals surface area contributed by atoms with Crippen molar-refractivity contribution in [2.75, 3.05) is 12.1 Å². The molecule has 0 spiro atoms. The number of amides is 1. The summed E-state index contributed by atoms with van der Waals surface area (Å²) in [6.45, 7) is 0.0932. The van der Waals surface area contributed by atoms with E-state index < -0.39 is 23.4 Å². The highest BCUT2D eigenvalue weighted by Crippen LogP contribution is 2.34. The van der Waals surface area contributed by atoms with Gasteiger partial charge in [0.25, 0.3) is 5.91 Å². The molecule has 0 aliphatic carbocycles. The van der Waals surface area contributed by atoms with Crippen molar-refractivity contribution in [3.05, 3.63) is 95.1 Å². The third kappa shape index (κ3) is 5.01. The van der Waals surface area contributed by atoms with E-state index in [4.69, 9.17) is 9.47 Å². The average molecular weight is 477 g/mol. The summed E-state index contributed by atoms with van der Waals surface area (Å²) in [6, 6.07) is 21.4. The number of carbonyl (C=O) groups is 1. The molecule has 0 aromatic heterocycles. The topological polar surface area (TPSA) is 74.9 Å². The lowest BCUT2D eigenvalue weighted by Gasteiger charge is -2.13. The summed E-state index contributed by atoms with van der Waals surface area (Å²) in [5.74, 6) is -0.309. The second-order valence-corrected chi connectivity index (χ2v) is 7.42. The number of methoxy groups -OCH3 is 1. The fourth-order valence-electron chi connectivity index (χ4n) is 3.47. The van der Waals surface area contributed by atoms with Gasteiger partial charge in [-0.25, -0.2) is 0 Å². The minimum atomic E-state index is -4.83. The number of hydrogen-bond acceptors (Lipinski definition) is 5. The van der Waals surface area contributed by atoms with Gasteiger partial charge in [-0.15, -0.1) is 0 Å². The zero-order chi connectivity index (χ0) is 25.0. The molecule has 1 aliphatic heterocycles. The lowest BCUT2D eigenvalue weighted by atomic mass is 10.1. The number of nitriles is 1. The van der Waals surface area contributed by atoms with Crippen LogP contribution in [-0.4, -0.2) is 24.9 Å². The van der Waals surface area contributed by atoms with Gasteiger partial charge < -0.3 is 9.47 Å². The lowest BCUT2D eigenvalue weighted by Crippen LogP contribution is -2.25. The van der Waals surface area contributed by atoms with Crippen molar-refractivity contribution in [3.8, 4) is 17.6 Å². The van der Waals surface area contributed by atoms with E-state index in [1.165, 1.54) is 37.4 Å². The van der Waals surface area contributed by atoms with Gasteiger partial charge in [-0.2, -0.15) is 28.5 Å². The molecule has 0 saturated heterocycles. The van der Waals surface area contributed by atoms with Crippen LogP contribution >= 0.6 is 0 Å². The van der Waals surface area contributed by atoms with Crippen LogP contribution in [0, 0.1) is 11.3 Å². The Morgan fingerprint density at radius 3 is 2.43 bits per heavy atom. The molecule has 3 aromatic carbocycles. The van der Waals surface area contributed by atoms with Gasteiger partial charge in [0, 0.05) is 5.56 Å². The monoisotopic (exact) mass is 477 g/mol. The van der Waals surface area contributed by atoms with Crippen LogP contribution in [-0.2, 0) is 11.4 Å². The van der Waals surface area contributed by atoms with Crippen molar-refractivity contribution >= 4 is 23.4 Å². The van der Waals surface area contributed by atoms with Crippen LogP contribution in [0.3, 0.4) is 0 Å². The third-order valence-corrected chi connectivity index (χ3v) is 5.17. The van der Waals surface area contributed by atoms with Crippen molar-refractivity contribution < 1.29 is 27.4 Å². The van der Waals surface area contributed by atoms with E-state index in [1.54, 1.807) is 42.5 Å². The maximum Gasteiger partial charge on any atom is 0.435 e. The first-order valence-electron chi connectivity index (χ1n) is 10.4. The maximum atomic E-state index is 13.7. The van der Waals surface area contributed by atoms with Crippen LogP contribution in [0.4, 0.5) is 18.9 Å². The van der Waals surface area contributed by atoms with Gasteiger partial charge in [-0.1, -0.05) is 42.5 Å². The molecule has 1 amide bonds. The zero-order valence-electron chi connectivity index (χ0n) is 18.4. The molecular formula is C26H18F3N3O3. The van der Waals surface area contributed by atoms with Gasteiger partial charge in [-0.3, -0.25) is 4.79 Å². The number of alkyl halides is 3. The Morgan fingerprint density at radius 1 is 1.03 bits per heavy atom. The molecule has 0 N–H and O–H groups in total. The normalized spacial score (nSPS) is 14.6. The third-order valence-electron chi connectivity index (χ3n) is 5.17. The first-order valence-corrected chi connectivity index (χ1v) is 10.4. The molecule has 1 heterocycles. The number of rotatable bonds is 6. The van der Waals surface area contributed by atoms with Crippen LogP contribution in [0.25, 0.3) is 6.08 Å². The second-order valence-electron chi connectivity index (χ2n) is 7.42. The first-order chi connectivity index (χ1) is 16.8. The van der Waals surface area contributed by atoms with E-state index in [9.17, 15) is 23.2 Å². The smallest absolute Gasteiger partial charge is 0.435 e. The predicted molar refractivity (Wildman–Crippen MR) is 124 cm³/mol. The van der Waals surface area contributed by atoms with Crippen LogP contribution in [0.15, 0.2) is 83.5 Å². The highest BCUT2D eigenvalue weighted by Gasteiger charge is 2.46. The largest absolute Gasteiger partial charge is 0.493 e. The quantitative estimate of drug-likeness (QED) is 0.440. The van der Waals surface area contributed by atoms with E-state index in [0.29, 0.717) is 22.4 Å². The predicted octanol–water partition coefficient (Wildman–Crippen LogP) is 5.49. The van der Waals surface area contributed by atoms with E-state index in [1.807, 2.05) is 0 Å². The molecule has 0 saturated carbocycles. The summed E-state index contributed by atoms with van der Waals surface area (Å²) in [6.07, 6.45) is -3.71. The Labute approximate surface area is 199 Å². The number of hydrogen-bond donors (Lipinski definition) is 0. The molecule has 6 nitrogen and oxygen atoms in total. The Morgan fingerprint density at radius 2 is 1.74 bits per heavy atom. The van der Waals surface area contributed by atoms with Crippen LogP contribution in [0.2, 0.25) is 0 Å². The standard InChI is InChI=1S/C26H18F3N3O3/c1-34-23-14-17(11-12-22(23)35-16-19-8-6-5-7-18(19)15-30)13-21-24(26(27,28)29)31-32(25(21)33)20-9-3-2-4-10-20/h2-14H,16H2,1H3/b21-13-. The van der Waals surface area contributed by atoms with Gasteiger partial charge in [-0.05, 0) is 42.0 Å². The number of ether oxygens (including phenoxy) is 2. The highest BCUT2D eigenvalue weighted by atomic mass is 19.4. The van der Waals surface area contributed by atoms with Gasteiger partial charge in [0.05, 0.1) is 30.0 Å². The molecule has 0 unspecified atom stereocenters. The molecule has 176 valence electrons. The molecule has 0 radical (unpaired) electrons. The number of nitrogens with zero attached hydrogens (tertiary/aromatic N) is 3. The lowest BCUT2D eigenvalue weighted by molar-refractivity contribution is -0.114. The van der Waals surface area contributed by atoms with E-state index >= 15 is 0 Å². The van der Waals surface area contributed by atoms with Crippen LogP contribution in [0.5, 0.6) is 11.5 Å². The second kappa shape index (κ2) is 9.73. The fraction of sp³-hybridized carbons (Fsp3) is 0.115. The number of benzene rings is 3. The highest BCUT2D eigenvalue weighted by molar-refractivity contribution is 6.34. The van der Waals surface area contributed by atoms with Gasteiger partial charge in [0.15, 0.2) is 17.2 Å². The molecule has 0 atom stereocenters. The summed E-state index contributed by atoms with van der Waals surface area (Å²) in [4.78, 5) is 12.9. The van der Waals surface area contributed by atoms with Gasteiger partial charge >= 0.3 is 6.18 Å². The van der Waals surface area contributed by atoms with E-state index in [2.05, 4.69) is 11.2 Å². The fourth-order valence-corrected chi connectivity index (χ4v) is 3.47. The van der Waals surface area contributed by atoms with Crippen LogP contribution < -0.4 is 14.5 Å². The molecule has 35 heavy (non-hydrogen) atoms. The number of halogens is 3. The molecule has 0 fully saturated rings. The Kier molecular flexibility index (Phi) is 6.55. The van der Waals surface area contributed by atoms with Crippen molar-refractivity contribution in [2.24, 2.45) is 5.10 Å². The molecule has 4 rings (SSSR count). The minimum absolute atomic E-state index is 0.0932. The number of para-hydroxylation sites is 1. The summed E-state index contributed by atoms with van der Waals surface area (Å²) in [7, 11) is 1.39. The van der Waals surface area contributed by atoms with E-state index in [0.717, 1.165) is 11.1 Å². The number of carbonyl (C=O) groups excluding carboxylic acids is 1. The molecule has 1 aliphatic rings. The minimum Gasteiger partial charge on any atom is -0.493 e. The summed E-state index contributed by atoms with van der Waals surface area (Å²) < 4.78 is 52.2. The Hall–Kier alpha value is -4.58. The Balaban J connectivity index is 1.63. The SMILES string of the molecule is COc1cc(/C=C2\C(=O)N(c3ccccc3)N=C2C(F)(F)F)ccc1OCc1ccccc1C#N. The first kappa shape index (κ1) is 23.6. The summed E-state index contributed by atoms with van der Waals surface area (Å²) >= 11 is 0. The average Bonchev–Trinajstić information content (AvgIpc) is 3.20. The van der Waals surface area contributed by atoms with Crippen molar-refractivity contribution in [2.45, 2.75) is 12.8 Å². The zero-order valence-corrected chi connectivity index (χ0v) is 18.4. The van der Waals surface area contributed by atoms with Crippen molar-refractivity contribution in [3.63, 3.8) is 0 Å². The van der Waals surface area contributed by atoms with E-state index in [-0.39, 0.29) is 18.0 Å². The molecule has 0 bridgehead atoms. The molecular weight excluding hydrogens is 459 g/mol. The number of anilines is 1. The summed E-state index contributed by atoms with van der Waals surface area (Å²) in [5, 5.41) is 13.5. The van der Waals surface area contributed by atoms with Gasteiger partial charge in [0.2, 0.25) is 0 Å². The maximum absolute atomic E-state index is 13.7. The Bertz CT molecular complexity index is 1360. The van der Waals surface area contributed by atoms with Crippen molar-refractivity contribution in [1.29, 1.82) is 5.26 Å². The van der Waals surface area contributed by atoms with Crippen LogP contribution in [0.1, 0.15) is 16.7 Å². The molecule has 9 heteroatoms. The van der Waals surface area contributed by atoms with Crippen molar-refractivity contribution in [1.82, 2.24) is 0 Å². The summed E-state index contributed by atoms with van der Waals surface area (Å²) in [5.41, 5.74) is -0.205.